The second kappa shape index (κ2) is 8.72. The topological polar surface area (TPSA) is 113 Å². The van der Waals surface area contributed by atoms with E-state index in [0.717, 1.165) is 31.5 Å². The highest BCUT2D eigenvalue weighted by Crippen LogP contribution is 2.32. The molecular formula is C21H23N3O5. The number of anilines is 1. The molecule has 0 bridgehead atoms. The third-order valence-corrected chi connectivity index (χ3v) is 5.21. The number of hydrogen-bond donors (Lipinski definition) is 2. The van der Waals surface area contributed by atoms with E-state index in [-0.39, 0.29) is 23.4 Å². The molecule has 2 aromatic carbocycles. The molecular weight excluding hydrogens is 374 g/mol. The maximum absolute atomic E-state index is 12.5. The average molecular weight is 397 g/mol. The predicted octanol–water partition coefficient (Wildman–Crippen LogP) is 3.46. The molecule has 29 heavy (non-hydrogen) atoms. The second-order valence-electron chi connectivity index (χ2n) is 7.31. The molecule has 1 aliphatic rings. The van der Waals surface area contributed by atoms with Gasteiger partial charge in [0.2, 0.25) is 0 Å². The van der Waals surface area contributed by atoms with Crippen LogP contribution in [0.25, 0.3) is 0 Å². The van der Waals surface area contributed by atoms with Gasteiger partial charge >= 0.3 is 5.97 Å². The van der Waals surface area contributed by atoms with Gasteiger partial charge in [-0.3, -0.25) is 14.9 Å². The fourth-order valence-electron chi connectivity index (χ4n) is 3.38. The van der Waals surface area contributed by atoms with E-state index in [1.807, 2.05) is 4.90 Å². The van der Waals surface area contributed by atoms with Gasteiger partial charge in [0.1, 0.15) is 5.69 Å². The Kier molecular flexibility index (Phi) is 6.11. The molecule has 1 saturated heterocycles. The summed E-state index contributed by atoms with van der Waals surface area (Å²) in [7, 11) is 0. The van der Waals surface area contributed by atoms with Crippen molar-refractivity contribution in [1.82, 2.24) is 5.32 Å². The number of aromatic carboxylic acids is 1. The van der Waals surface area contributed by atoms with Crippen LogP contribution in [0, 0.1) is 16.0 Å². The van der Waals surface area contributed by atoms with E-state index >= 15 is 0 Å². The first kappa shape index (κ1) is 20.3. The lowest BCUT2D eigenvalue weighted by molar-refractivity contribution is -0.384. The largest absolute Gasteiger partial charge is 0.478 e. The Labute approximate surface area is 168 Å². The van der Waals surface area contributed by atoms with E-state index in [1.165, 1.54) is 18.2 Å². The number of piperidine rings is 1. The number of nitro benzene ring substituents is 1. The molecule has 0 radical (unpaired) electrons. The van der Waals surface area contributed by atoms with Crippen LogP contribution in [0.5, 0.6) is 0 Å². The first-order chi connectivity index (χ1) is 13.8. The number of amides is 1. The van der Waals surface area contributed by atoms with E-state index < -0.39 is 16.8 Å². The summed E-state index contributed by atoms with van der Waals surface area (Å²) < 4.78 is 0. The van der Waals surface area contributed by atoms with Crippen molar-refractivity contribution in [3.8, 4) is 0 Å². The molecule has 152 valence electrons. The molecule has 1 aliphatic heterocycles. The number of nitro groups is 1. The number of carboxylic acid groups (broad SMARTS) is 1. The van der Waals surface area contributed by atoms with Crippen LogP contribution in [0.1, 0.15) is 46.0 Å². The van der Waals surface area contributed by atoms with Crippen molar-refractivity contribution in [3.63, 3.8) is 0 Å². The van der Waals surface area contributed by atoms with Gasteiger partial charge in [-0.25, -0.2) is 4.79 Å². The summed E-state index contributed by atoms with van der Waals surface area (Å²) in [5.41, 5.74) is 1.59. The number of carboxylic acids is 1. The van der Waals surface area contributed by atoms with Crippen molar-refractivity contribution in [2.45, 2.75) is 26.3 Å². The fourth-order valence-corrected chi connectivity index (χ4v) is 3.38. The Morgan fingerprint density at radius 2 is 1.76 bits per heavy atom. The van der Waals surface area contributed by atoms with E-state index in [4.69, 9.17) is 5.11 Å². The highest BCUT2D eigenvalue weighted by molar-refractivity contribution is 5.95. The van der Waals surface area contributed by atoms with Crippen LogP contribution in [0.4, 0.5) is 11.4 Å². The summed E-state index contributed by atoms with van der Waals surface area (Å²) >= 11 is 0. The molecule has 0 saturated carbocycles. The number of hydrogen-bond acceptors (Lipinski definition) is 5. The van der Waals surface area contributed by atoms with Crippen LogP contribution in [0.3, 0.4) is 0 Å². The van der Waals surface area contributed by atoms with Gasteiger partial charge in [-0.2, -0.15) is 0 Å². The van der Waals surface area contributed by atoms with Gasteiger partial charge in [0.15, 0.2) is 0 Å². The van der Waals surface area contributed by atoms with Gasteiger partial charge in [0.25, 0.3) is 11.6 Å². The fraction of sp³-hybridized carbons (Fsp3) is 0.333. The lowest BCUT2D eigenvalue weighted by Crippen LogP contribution is -2.33. The Hall–Kier alpha value is -3.42. The van der Waals surface area contributed by atoms with Crippen LogP contribution < -0.4 is 10.2 Å². The normalized spacial score (nSPS) is 14.4. The van der Waals surface area contributed by atoms with Crippen molar-refractivity contribution in [3.05, 3.63) is 69.3 Å². The number of carbonyl (C=O) groups excluding carboxylic acids is 1. The summed E-state index contributed by atoms with van der Waals surface area (Å²) in [5, 5.41) is 23.2. The smallest absolute Gasteiger partial charge is 0.335 e. The van der Waals surface area contributed by atoms with Gasteiger partial charge in [-0.05, 0) is 48.6 Å². The summed E-state index contributed by atoms with van der Waals surface area (Å²) in [6, 6.07) is 10.7. The minimum atomic E-state index is -1.02. The monoisotopic (exact) mass is 397 g/mol. The molecule has 0 spiro atoms. The Morgan fingerprint density at radius 1 is 1.14 bits per heavy atom. The molecule has 0 aliphatic carbocycles. The number of carbonyl (C=O) groups is 2. The lowest BCUT2D eigenvalue weighted by Gasteiger charge is -2.31. The first-order valence-electron chi connectivity index (χ1n) is 9.49. The maximum Gasteiger partial charge on any atom is 0.335 e. The van der Waals surface area contributed by atoms with Crippen LogP contribution in [-0.2, 0) is 6.54 Å². The number of nitrogens with zero attached hydrogens (tertiary/aromatic N) is 2. The van der Waals surface area contributed by atoms with Gasteiger partial charge in [-0.1, -0.05) is 19.1 Å². The molecule has 3 rings (SSSR count). The molecule has 1 heterocycles. The second-order valence-corrected chi connectivity index (χ2v) is 7.31. The molecule has 2 N–H and O–H groups in total. The molecule has 0 unspecified atom stereocenters. The number of benzene rings is 2. The third-order valence-electron chi connectivity index (χ3n) is 5.21. The van der Waals surface area contributed by atoms with Gasteiger partial charge in [0, 0.05) is 31.3 Å². The highest BCUT2D eigenvalue weighted by Gasteiger charge is 2.24. The average Bonchev–Trinajstić information content (AvgIpc) is 2.72. The van der Waals surface area contributed by atoms with Crippen molar-refractivity contribution in [1.29, 1.82) is 0 Å². The summed E-state index contributed by atoms with van der Waals surface area (Å²) in [5.74, 6) is -0.828. The quantitative estimate of drug-likeness (QED) is 0.570. The Morgan fingerprint density at radius 3 is 2.34 bits per heavy atom. The molecule has 8 nitrogen and oxygen atoms in total. The molecule has 0 aromatic heterocycles. The van der Waals surface area contributed by atoms with Gasteiger partial charge in [0.05, 0.1) is 10.5 Å². The lowest BCUT2D eigenvalue weighted by atomic mass is 9.98. The maximum atomic E-state index is 12.5. The highest BCUT2D eigenvalue weighted by atomic mass is 16.6. The van der Waals surface area contributed by atoms with Gasteiger partial charge < -0.3 is 15.3 Å². The van der Waals surface area contributed by atoms with Crippen LogP contribution in [-0.4, -0.2) is 35.0 Å². The van der Waals surface area contributed by atoms with E-state index in [1.54, 1.807) is 24.3 Å². The number of rotatable bonds is 6. The van der Waals surface area contributed by atoms with E-state index in [9.17, 15) is 19.7 Å². The zero-order chi connectivity index (χ0) is 21.0. The van der Waals surface area contributed by atoms with Gasteiger partial charge in [-0.15, -0.1) is 0 Å². The molecule has 1 fully saturated rings. The van der Waals surface area contributed by atoms with Crippen molar-refractivity contribution in [2.24, 2.45) is 5.92 Å². The van der Waals surface area contributed by atoms with E-state index in [0.29, 0.717) is 11.6 Å². The van der Waals surface area contributed by atoms with Crippen molar-refractivity contribution in [2.75, 3.05) is 18.0 Å². The summed E-state index contributed by atoms with van der Waals surface area (Å²) in [6.45, 7) is 3.90. The first-order valence-corrected chi connectivity index (χ1v) is 9.49. The Balaban J connectivity index is 1.71. The minimum Gasteiger partial charge on any atom is -0.478 e. The molecule has 2 aromatic rings. The molecule has 1 amide bonds. The third kappa shape index (κ3) is 4.90. The zero-order valence-corrected chi connectivity index (χ0v) is 16.1. The summed E-state index contributed by atoms with van der Waals surface area (Å²) in [6.07, 6.45) is 1.97. The minimum absolute atomic E-state index is 0.0713. The van der Waals surface area contributed by atoms with Crippen molar-refractivity contribution >= 4 is 23.3 Å². The molecule has 0 atom stereocenters. The van der Waals surface area contributed by atoms with Crippen molar-refractivity contribution < 1.29 is 19.6 Å². The Bertz CT molecular complexity index is 918. The SMILES string of the molecule is CC1CCN(c2ccc(C(=O)NCc3ccc(C(=O)O)cc3)cc2[N+](=O)[O-])CC1. The summed E-state index contributed by atoms with van der Waals surface area (Å²) in [4.78, 5) is 36.5. The van der Waals surface area contributed by atoms with Crippen LogP contribution >= 0.6 is 0 Å². The van der Waals surface area contributed by atoms with E-state index in [2.05, 4.69) is 12.2 Å². The zero-order valence-electron chi connectivity index (χ0n) is 16.1. The number of nitrogens with one attached hydrogen (secondary N) is 1. The standard InChI is InChI=1S/C21H23N3O5/c1-14-8-10-23(11-9-14)18-7-6-17(12-19(18)24(28)29)20(25)22-13-15-2-4-16(5-3-15)21(26)27/h2-7,12,14H,8-11,13H2,1H3,(H,22,25)(H,26,27). The van der Waals surface area contributed by atoms with Crippen LogP contribution in [0.15, 0.2) is 42.5 Å². The molecule has 8 heteroatoms. The predicted molar refractivity (Wildman–Crippen MR) is 108 cm³/mol. The van der Waals surface area contributed by atoms with Crippen LogP contribution in [0.2, 0.25) is 0 Å².